The van der Waals surface area contributed by atoms with Crippen LogP contribution >= 0.6 is 0 Å². The molecule has 0 aromatic heterocycles. The summed E-state index contributed by atoms with van der Waals surface area (Å²) in [5.74, 6) is 0.593. The highest BCUT2D eigenvalue weighted by atomic mass is 16.1. The summed E-state index contributed by atoms with van der Waals surface area (Å²) in [4.78, 5) is 10.4. The van der Waals surface area contributed by atoms with Crippen molar-refractivity contribution in [1.82, 2.24) is 0 Å². The van der Waals surface area contributed by atoms with Crippen LogP contribution in [0, 0.1) is 5.92 Å². The Morgan fingerprint density at radius 2 is 1.82 bits per heavy atom. The van der Waals surface area contributed by atoms with Gasteiger partial charge in [0.1, 0.15) is 6.29 Å². The molecule has 1 nitrogen and oxygen atoms in total. The van der Waals surface area contributed by atoms with Crippen molar-refractivity contribution >= 4 is 6.29 Å². The van der Waals surface area contributed by atoms with E-state index in [0.29, 0.717) is 5.92 Å². The molecule has 0 amide bonds. The smallest absolute Gasteiger partial charge is 0.145 e. The maximum absolute atomic E-state index is 10.4. The third-order valence-electron chi connectivity index (χ3n) is 2.06. The van der Waals surface area contributed by atoms with Crippen molar-refractivity contribution in [3.8, 4) is 0 Å². The van der Waals surface area contributed by atoms with E-state index < -0.39 is 0 Å². The molecule has 0 aromatic rings. The van der Waals surface area contributed by atoms with Crippen LogP contribution in [0.5, 0.6) is 0 Å². The van der Waals surface area contributed by atoms with E-state index in [2.05, 4.69) is 19.9 Å². The Kier molecular flexibility index (Phi) is 5.81. The van der Waals surface area contributed by atoms with Gasteiger partial charge in [0, 0.05) is 0 Å². The number of rotatable bonds is 5. The summed E-state index contributed by atoms with van der Waals surface area (Å²) in [6.45, 7) is 6.33. The molecule has 1 heteroatoms. The van der Waals surface area contributed by atoms with E-state index in [0.717, 1.165) is 31.1 Å². The second-order valence-corrected chi connectivity index (χ2v) is 2.79. The summed E-state index contributed by atoms with van der Waals surface area (Å²) in [7, 11) is 0. The monoisotopic (exact) mass is 154 g/mol. The standard InChI is InChI=1S/C10H18O/c1-4-9(5-2)7-10(6-3)8-11/h7-9H,4-6H2,1-3H3/b10-7+. The maximum atomic E-state index is 10.4. The first-order valence-electron chi connectivity index (χ1n) is 4.44. The lowest BCUT2D eigenvalue weighted by Gasteiger charge is -2.06. The van der Waals surface area contributed by atoms with Gasteiger partial charge in [-0.3, -0.25) is 4.79 Å². The van der Waals surface area contributed by atoms with Crippen LogP contribution in [0.1, 0.15) is 40.0 Å². The van der Waals surface area contributed by atoms with E-state index in [4.69, 9.17) is 0 Å². The van der Waals surface area contributed by atoms with E-state index >= 15 is 0 Å². The fourth-order valence-electron chi connectivity index (χ4n) is 1.07. The van der Waals surface area contributed by atoms with Crippen molar-refractivity contribution in [3.05, 3.63) is 11.6 Å². The molecule has 0 aliphatic heterocycles. The van der Waals surface area contributed by atoms with Crippen LogP contribution in [-0.4, -0.2) is 6.29 Å². The second kappa shape index (κ2) is 6.14. The van der Waals surface area contributed by atoms with Crippen LogP contribution in [0.15, 0.2) is 11.6 Å². The van der Waals surface area contributed by atoms with Gasteiger partial charge in [-0.25, -0.2) is 0 Å². The number of carbonyl (C=O) groups excluding carboxylic acids is 1. The fraction of sp³-hybridized carbons (Fsp3) is 0.700. The quantitative estimate of drug-likeness (QED) is 0.439. The highest BCUT2D eigenvalue weighted by molar-refractivity contribution is 5.72. The Labute approximate surface area is 69.5 Å². The van der Waals surface area contributed by atoms with E-state index in [1.165, 1.54) is 0 Å². The van der Waals surface area contributed by atoms with E-state index in [-0.39, 0.29) is 0 Å². The molecule has 11 heavy (non-hydrogen) atoms. The molecule has 0 aliphatic carbocycles. The average molecular weight is 154 g/mol. The molecule has 0 saturated heterocycles. The molecule has 0 atom stereocenters. The van der Waals surface area contributed by atoms with Crippen LogP contribution in [0.2, 0.25) is 0 Å². The Bertz CT molecular complexity index is 132. The third-order valence-corrected chi connectivity index (χ3v) is 2.06. The number of carbonyl (C=O) groups is 1. The SMILES string of the molecule is CC/C(C=O)=C\C(CC)CC. The Morgan fingerprint density at radius 1 is 1.27 bits per heavy atom. The van der Waals surface area contributed by atoms with Gasteiger partial charge < -0.3 is 0 Å². The molecule has 0 fully saturated rings. The molecule has 0 unspecified atom stereocenters. The van der Waals surface area contributed by atoms with Gasteiger partial charge in [-0.15, -0.1) is 0 Å². The zero-order valence-electron chi connectivity index (χ0n) is 7.76. The van der Waals surface area contributed by atoms with Gasteiger partial charge in [-0.1, -0.05) is 26.8 Å². The number of hydrogen-bond acceptors (Lipinski definition) is 1. The average Bonchev–Trinajstić information content (AvgIpc) is 2.07. The van der Waals surface area contributed by atoms with Crippen molar-refractivity contribution in [2.75, 3.05) is 0 Å². The number of hydrogen-bond donors (Lipinski definition) is 0. The topological polar surface area (TPSA) is 17.1 Å². The first-order chi connectivity index (χ1) is 5.28. The van der Waals surface area contributed by atoms with Crippen LogP contribution < -0.4 is 0 Å². The summed E-state index contributed by atoms with van der Waals surface area (Å²) in [5, 5.41) is 0. The first kappa shape index (κ1) is 10.4. The summed E-state index contributed by atoms with van der Waals surface area (Å²) in [5.41, 5.74) is 0.943. The summed E-state index contributed by atoms with van der Waals surface area (Å²) in [6.07, 6.45) is 6.20. The van der Waals surface area contributed by atoms with Crippen molar-refractivity contribution < 1.29 is 4.79 Å². The van der Waals surface area contributed by atoms with Gasteiger partial charge in [0.05, 0.1) is 0 Å². The normalized spacial score (nSPS) is 12.2. The van der Waals surface area contributed by atoms with Crippen molar-refractivity contribution in [1.29, 1.82) is 0 Å². The molecule has 0 bridgehead atoms. The Morgan fingerprint density at radius 3 is 2.09 bits per heavy atom. The van der Waals surface area contributed by atoms with Gasteiger partial charge in [0.25, 0.3) is 0 Å². The minimum Gasteiger partial charge on any atom is -0.298 e. The van der Waals surface area contributed by atoms with Crippen LogP contribution in [0.4, 0.5) is 0 Å². The number of aldehydes is 1. The first-order valence-corrected chi connectivity index (χ1v) is 4.44. The van der Waals surface area contributed by atoms with E-state index in [1.807, 2.05) is 6.92 Å². The zero-order valence-corrected chi connectivity index (χ0v) is 7.76. The predicted octanol–water partition coefficient (Wildman–Crippen LogP) is 2.96. The summed E-state index contributed by atoms with van der Waals surface area (Å²) >= 11 is 0. The van der Waals surface area contributed by atoms with Crippen molar-refractivity contribution in [3.63, 3.8) is 0 Å². The molecule has 0 radical (unpaired) electrons. The highest BCUT2D eigenvalue weighted by Gasteiger charge is 2.00. The Hall–Kier alpha value is -0.590. The molecule has 0 rings (SSSR count). The molecule has 0 heterocycles. The van der Waals surface area contributed by atoms with Gasteiger partial charge >= 0.3 is 0 Å². The van der Waals surface area contributed by atoms with Crippen LogP contribution in [0.25, 0.3) is 0 Å². The van der Waals surface area contributed by atoms with Gasteiger partial charge in [0.2, 0.25) is 0 Å². The molecule has 0 aliphatic rings. The molecular weight excluding hydrogens is 136 g/mol. The van der Waals surface area contributed by atoms with E-state index in [9.17, 15) is 4.79 Å². The van der Waals surface area contributed by atoms with Crippen molar-refractivity contribution in [2.45, 2.75) is 40.0 Å². The lowest BCUT2D eigenvalue weighted by Crippen LogP contribution is -1.94. The second-order valence-electron chi connectivity index (χ2n) is 2.79. The van der Waals surface area contributed by atoms with E-state index in [1.54, 1.807) is 0 Å². The largest absolute Gasteiger partial charge is 0.298 e. The summed E-state index contributed by atoms with van der Waals surface area (Å²) in [6, 6.07) is 0. The Balaban J connectivity index is 4.09. The lowest BCUT2D eigenvalue weighted by atomic mass is 10.00. The molecule has 64 valence electrons. The van der Waals surface area contributed by atoms with Gasteiger partial charge in [0.15, 0.2) is 0 Å². The highest BCUT2D eigenvalue weighted by Crippen LogP contribution is 2.12. The fourth-order valence-corrected chi connectivity index (χ4v) is 1.07. The number of allylic oxidation sites excluding steroid dienone is 2. The van der Waals surface area contributed by atoms with Gasteiger partial charge in [-0.05, 0) is 30.8 Å². The van der Waals surface area contributed by atoms with Crippen LogP contribution in [-0.2, 0) is 4.79 Å². The third kappa shape index (κ3) is 3.97. The molecule has 0 N–H and O–H groups in total. The van der Waals surface area contributed by atoms with Crippen LogP contribution in [0.3, 0.4) is 0 Å². The molecule has 0 spiro atoms. The lowest BCUT2D eigenvalue weighted by molar-refractivity contribution is -0.105. The minimum absolute atomic E-state index is 0.593. The van der Waals surface area contributed by atoms with Crippen molar-refractivity contribution in [2.24, 2.45) is 5.92 Å². The molecule has 0 saturated carbocycles. The molecule has 0 aromatic carbocycles. The minimum atomic E-state index is 0.593. The predicted molar refractivity (Wildman–Crippen MR) is 48.5 cm³/mol. The zero-order chi connectivity index (χ0) is 8.69. The maximum Gasteiger partial charge on any atom is 0.145 e. The summed E-state index contributed by atoms with van der Waals surface area (Å²) < 4.78 is 0. The molecular formula is C10H18O. The van der Waals surface area contributed by atoms with Gasteiger partial charge in [-0.2, -0.15) is 0 Å².